The van der Waals surface area contributed by atoms with Gasteiger partial charge < -0.3 is 10.2 Å². The highest BCUT2D eigenvalue weighted by molar-refractivity contribution is 5.54. The lowest BCUT2D eigenvalue weighted by Crippen LogP contribution is -2.24. The van der Waals surface area contributed by atoms with Crippen LogP contribution in [0, 0.1) is 5.41 Å². The fourth-order valence-electron chi connectivity index (χ4n) is 2.82. The van der Waals surface area contributed by atoms with Crippen molar-refractivity contribution in [3.63, 3.8) is 0 Å². The second kappa shape index (κ2) is 4.93. The summed E-state index contributed by atoms with van der Waals surface area (Å²) in [7, 11) is 0. The first-order chi connectivity index (χ1) is 8.77. The van der Waals surface area contributed by atoms with Gasteiger partial charge in [0.15, 0.2) is 0 Å². The average Bonchev–Trinajstić information content (AvgIpc) is 2.92. The van der Waals surface area contributed by atoms with Gasteiger partial charge in [-0.1, -0.05) is 25.1 Å². The third kappa shape index (κ3) is 2.69. The van der Waals surface area contributed by atoms with Crippen molar-refractivity contribution >= 4 is 5.69 Å². The van der Waals surface area contributed by atoms with Gasteiger partial charge >= 0.3 is 0 Å². The van der Waals surface area contributed by atoms with Gasteiger partial charge in [-0.3, -0.25) is 0 Å². The van der Waals surface area contributed by atoms with E-state index in [-0.39, 0.29) is 0 Å². The summed E-state index contributed by atoms with van der Waals surface area (Å²) in [6.45, 7) is 7.03. The van der Waals surface area contributed by atoms with E-state index in [0.29, 0.717) is 5.41 Å². The number of anilines is 1. The molecule has 98 valence electrons. The van der Waals surface area contributed by atoms with Gasteiger partial charge in [0.1, 0.15) is 0 Å². The first-order valence-corrected chi connectivity index (χ1v) is 7.30. The lowest BCUT2D eigenvalue weighted by atomic mass is 10.1. The molecule has 1 N–H and O–H groups in total. The molecule has 1 saturated heterocycles. The van der Waals surface area contributed by atoms with E-state index >= 15 is 0 Å². The van der Waals surface area contributed by atoms with Crippen molar-refractivity contribution < 1.29 is 0 Å². The molecule has 1 aliphatic carbocycles. The SMILES string of the molecule is CC1(CNCc2ccccc2N2CCCC2)CC1. The van der Waals surface area contributed by atoms with E-state index in [1.54, 1.807) is 0 Å². The van der Waals surface area contributed by atoms with E-state index in [1.807, 2.05) is 0 Å². The molecule has 0 aromatic heterocycles. The van der Waals surface area contributed by atoms with E-state index in [0.717, 1.165) is 6.54 Å². The van der Waals surface area contributed by atoms with Crippen molar-refractivity contribution in [1.29, 1.82) is 0 Å². The molecule has 1 saturated carbocycles. The second-order valence-electron chi connectivity index (χ2n) is 6.24. The molecule has 18 heavy (non-hydrogen) atoms. The fourth-order valence-corrected chi connectivity index (χ4v) is 2.82. The third-order valence-electron chi connectivity index (χ3n) is 4.41. The molecule has 0 atom stereocenters. The molecule has 2 aliphatic rings. The van der Waals surface area contributed by atoms with E-state index in [9.17, 15) is 0 Å². The Kier molecular flexibility index (Phi) is 3.29. The molecule has 2 fully saturated rings. The van der Waals surface area contributed by atoms with E-state index in [1.165, 1.54) is 56.6 Å². The van der Waals surface area contributed by atoms with Crippen LogP contribution in [-0.2, 0) is 6.54 Å². The summed E-state index contributed by atoms with van der Waals surface area (Å²) in [5.74, 6) is 0. The zero-order valence-corrected chi connectivity index (χ0v) is 11.4. The van der Waals surface area contributed by atoms with E-state index in [4.69, 9.17) is 0 Å². The maximum atomic E-state index is 3.64. The predicted octanol–water partition coefficient (Wildman–Crippen LogP) is 3.18. The smallest absolute Gasteiger partial charge is 0.0411 e. The predicted molar refractivity (Wildman–Crippen MR) is 76.9 cm³/mol. The van der Waals surface area contributed by atoms with Gasteiger partial charge in [-0.25, -0.2) is 0 Å². The fraction of sp³-hybridized carbons (Fsp3) is 0.625. The number of nitrogens with zero attached hydrogens (tertiary/aromatic N) is 1. The van der Waals surface area contributed by atoms with Crippen molar-refractivity contribution in [2.75, 3.05) is 24.5 Å². The van der Waals surface area contributed by atoms with E-state index in [2.05, 4.69) is 41.4 Å². The zero-order chi connectivity index (χ0) is 12.4. The molecule has 0 bridgehead atoms. The zero-order valence-electron chi connectivity index (χ0n) is 11.4. The number of nitrogens with one attached hydrogen (secondary N) is 1. The summed E-state index contributed by atoms with van der Waals surface area (Å²) in [6, 6.07) is 8.88. The van der Waals surface area contributed by atoms with Gasteiger partial charge in [0, 0.05) is 31.9 Å². The minimum absolute atomic E-state index is 0.600. The van der Waals surface area contributed by atoms with Crippen molar-refractivity contribution in [3.8, 4) is 0 Å². The van der Waals surface area contributed by atoms with Gasteiger partial charge in [0.05, 0.1) is 0 Å². The van der Waals surface area contributed by atoms with Crippen molar-refractivity contribution in [2.45, 2.75) is 39.2 Å². The number of benzene rings is 1. The molecule has 1 aliphatic heterocycles. The van der Waals surface area contributed by atoms with Crippen LogP contribution in [0.15, 0.2) is 24.3 Å². The topological polar surface area (TPSA) is 15.3 Å². The van der Waals surface area contributed by atoms with Crippen molar-refractivity contribution in [1.82, 2.24) is 5.32 Å². The highest BCUT2D eigenvalue weighted by Gasteiger charge is 2.36. The monoisotopic (exact) mass is 244 g/mol. The molecule has 0 spiro atoms. The average molecular weight is 244 g/mol. The Labute approximate surface area is 110 Å². The van der Waals surface area contributed by atoms with Crippen molar-refractivity contribution in [2.24, 2.45) is 5.41 Å². The lowest BCUT2D eigenvalue weighted by Gasteiger charge is -2.22. The maximum absolute atomic E-state index is 3.64. The molecule has 0 radical (unpaired) electrons. The largest absolute Gasteiger partial charge is 0.371 e. The summed E-state index contributed by atoms with van der Waals surface area (Å²) >= 11 is 0. The van der Waals surface area contributed by atoms with Crippen LogP contribution in [0.2, 0.25) is 0 Å². The van der Waals surface area contributed by atoms with Gasteiger partial charge in [0.2, 0.25) is 0 Å². The van der Waals surface area contributed by atoms with Gasteiger partial charge in [-0.05, 0) is 42.7 Å². The molecule has 2 nitrogen and oxygen atoms in total. The Morgan fingerprint density at radius 3 is 2.61 bits per heavy atom. The van der Waals surface area contributed by atoms with E-state index < -0.39 is 0 Å². The Bertz CT molecular complexity index is 403. The van der Waals surface area contributed by atoms with Crippen LogP contribution in [0.5, 0.6) is 0 Å². The summed E-state index contributed by atoms with van der Waals surface area (Å²) in [4.78, 5) is 2.54. The van der Waals surface area contributed by atoms with Crippen LogP contribution in [-0.4, -0.2) is 19.6 Å². The Balaban J connectivity index is 1.63. The quantitative estimate of drug-likeness (QED) is 0.856. The molecule has 0 amide bonds. The summed E-state index contributed by atoms with van der Waals surface area (Å²) < 4.78 is 0. The molecule has 1 aromatic carbocycles. The van der Waals surface area contributed by atoms with Crippen LogP contribution in [0.25, 0.3) is 0 Å². The number of hydrogen-bond donors (Lipinski definition) is 1. The third-order valence-corrected chi connectivity index (χ3v) is 4.41. The number of hydrogen-bond acceptors (Lipinski definition) is 2. The minimum Gasteiger partial charge on any atom is -0.371 e. The number of para-hydroxylation sites is 1. The van der Waals surface area contributed by atoms with Crippen LogP contribution in [0.3, 0.4) is 0 Å². The van der Waals surface area contributed by atoms with Crippen LogP contribution in [0.4, 0.5) is 5.69 Å². The Morgan fingerprint density at radius 2 is 1.89 bits per heavy atom. The molecule has 2 heteroatoms. The maximum Gasteiger partial charge on any atom is 0.0411 e. The van der Waals surface area contributed by atoms with Gasteiger partial charge in [0.25, 0.3) is 0 Å². The van der Waals surface area contributed by atoms with Crippen LogP contribution >= 0.6 is 0 Å². The standard InChI is InChI=1S/C16H24N2/c1-16(8-9-16)13-17-12-14-6-2-3-7-15(14)18-10-4-5-11-18/h2-3,6-7,17H,4-5,8-13H2,1H3. The summed E-state index contributed by atoms with van der Waals surface area (Å²) in [5.41, 5.74) is 3.51. The summed E-state index contributed by atoms with van der Waals surface area (Å²) in [6.07, 6.45) is 5.49. The normalized spacial score (nSPS) is 21.3. The van der Waals surface area contributed by atoms with Gasteiger partial charge in [-0.2, -0.15) is 0 Å². The highest BCUT2D eigenvalue weighted by atomic mass is 15.1. The second-order valence-corrected chi connectivity index (χ2v) is 6.24. The Hall–Kier alpha value is -1.02. The van der Waals surface area contributed by atoms with Crippen LogP contribution < -0.4 is 10.2 Å². The van der Waals surface area contributed by atoms with Crippen molar-refractivity contribution in [3.05, 3.63) is 29.8 Å². The lowest BCUT2D eigenvalue weighted by molar-refractivity contribution is 0.499. The minimum atomic E-state index is 0.600. The highest BCUT2D eigenvalue weighted by Crippen LogP contribution is 2.44. The molecular formula is C16H24N2. The van der Waals surface area contributed by atoms with Gasteiger partial charge in [-0.15, -0.1) is 0 Å². The first kappa shape index (κ1) is 12.0. The molecule has 1 heterocycles. The summed E-state index contributed by atoms with van der Waals surface area (Å²) in [5, 5.41) is 3.64. The number of rotatable bonds is 5. The molecule has 3 rings (SSSR count). The molecule has 1 aromatic rings. The van der Waals surface area contributed by atoms with Crippen LogP contribution in [0.1, 0.15) is 38.2 Å². The molecule has 0 unspecified atom stereocenters. The Morgan fingerprint density at radius 1 is 1.17 bits per heavy atom. The molecular weight excluding hydrogens is 220 g/mol. The first-order valence-electron chi connectivity index (χ1n) is 7.30.